The monoisotopic (exact) mass is 393 g/mol. The summed E-state index contributed by atoms with van der Waals surface area (Å²) in [6.07, 6.45) is 5.07. The van der Waals surface area contributed by atoms with Gasteiger partial charge in [-0.1, -0.05) is 0 Å². The Morgan fingerprint density at radius 3 is 2.52 bits per heavy atom. The normalized spacial score (nSPS) is 31.3. The van der Waals surface area contributed by atoms with Gasteiger partial charge < -0.3 is 9.64 Å². The van der Waals surface area contributed by atoms with Gasteiger partial charge in [-0.15, -0.1) is 0 Å². The van der Waals surface area contributed by atoms with Crippen molar-refractivity contribution in [2.75, 3.05) is 46.4 Å². The SMILES string of the molecule is COc1ccc(S(=O)(=O)NCC2CC3CCN2CC3CN2CCCC2)cc1. The number of ether oxygens (including phenoxy) is 1. The van der Waals surface area contributed by atoms with Crippen LogP contribution in [0.4, 0.5) is 0 Å². The third-order valence-corrected chi connectivity index (χ3v) is 8.02. The minimum Gasteiger partial charge on any atom is -0.497 e. The first-order valence-corrected chi connectivity index (χ1v) is 11.6. The van der Waals surface area contributed by atoms with Crippen LogP contribution in [0.5, 0.6) is 5.75 Å². The summed E-state index contributed by atoms with van der Waals surface area (Å²) in [5.41, 5.74) is 0. The third kappa shape index (κ3) is 4.31. The first-order chi connectivity index (χ1) is 13.0. The summed E-state index contributed by atoms with van der Waals surface area (Å²) in [7, 11) is -1.90. The van der Waals surface area contributed by atoms with Crippen LogP contribution in [0.1, 0.15) is 25.7 Å². The zero-order valence-electron chi connectivity index (χ0n) is 16.1. The van der Waals surface area contributed by atoms with Gasteiger partial charge in [0.2, 0.25) is 10.0 Å². The van der Waals surface area contributed by atoms with Gasteiger partial charge in [-0.25, -0.2) is 13.1 Å². The number of fused-ring (bicyclic) bond motifs is 3. The fourth-order valence-corrected chi connectivity index (χ4v) is 6.08. The smallest absolute Gasteiger partial charge is 0.240 e. The number of likely N-dealkylation sites (tertiary alicyclic amines) is 1. The van der Waals surface area contributed by atoms with E-state index in [-0.39, 0.29) is 0 Å². The van der Waals surface area contributed by atoms with Gasteiger partial charge in [0.25, 0.3) is 0 Å². The average molecular weight is 394 g/mol. The van der Waals surface area contributed by atoms with Crippen LogP contribution in [0.2, 0.25) is 0 Å². The Hall–Kier alpha value is -1.15. The molecule has 4 aliphatic heterocycles. The molecule has 1 N–H and O–H groups in total. The fourth-order valence-electron chi connectivity index (χ4n) is 5.01. The maximum Gasteiger partial charge on any atom is 0.240 e. The predicted molar refractivity (Wildman–Crippen MR) is 105 cm³/mol. The summed E-state index contributed by atoms with van der Waals surface area (Å²) in [6.45, 7) is 6.47. The molecule has 0 aliphatic carbocycles. The minimum atomic E-state index is -3.47. The van der Waals surface area contributed by atoms with Gasteiger partial charge in [-0.2, -0.15) is 0 Å². The lowest BCUT2D eigenvalue weighted by atomic mass is 9.75. The molecule has 4 unspecified atom stereocenters. The van der Waals surface area contributed by atoms with Crippen molar-refractivity contribution in [1.82, 2.24) is 14.5 Å². The van der Waals surface area contributed by atoms with Crippen molar-refractivity contribution in [3.8, 4) is 5.75 Å². The summed E-state index contributed by atoms with van der Waals surface area (Å²) in [4.78, 5) is 5.43. The van der Waals surface area contributed by atoms with Gasteiger partial charge in [0.1, 0.15) is 5.75 Å². The Balaban J connectivity index is 1.32. The van der Waals surface area contributed by atoms with E-state index in [1.165, 1.54) is 38.9 Å². The molecular formula is C20H31N3O3S. The van der Waals surface area contributed by atoms with Gasteiger partial charge in [-0.3, -0.25) is 4.90 Å². The van der Waals surface area contributed by atoms with E-state index in [4.69, 9.17) is 4.74 Å². The van der Waals surface area contributed by atoms with Gasteiger partial charge in [0, 0.05) is 25.7 Å². The molecule has 2 bridgehead atoms. The highest BCUT2D eigenvalue weighted by Gasteiger charge is 2.40. The molecule has 4 saturated heterocycles. The number of hydrogen-bond donors (Lipinski definition) is 1. The predicted octanol–water partition coefficient (Wildman–Crippen LogP) is 1.78. The molecule has 4 atom stereocenters. The largest absolute Gasteiger partial charge is 0.497 e. The number of benzene rings is 1. The molecule has 7 heteroatoms. The van der Waals surface area contributed by atoms with Crippen LogP contribution in [0, 0.1) is 11.8 Å². The molecule has 5 rings (SSSR count). The van der Waals surface area contributed by atoms with Crippen molar-refractivity contribution in [2.45, 2.75) is 36.6 Å². The van der Waals surface area contributed by atoms with E-state index in [1.807, 2.05) is 0 Å². The van der Waals surface area contributed by atoms with Crippen LogP contribution in [-0.4, -0.2) is 70.6 Å². The van der Waals surface area contributed by atoms with Crippen molar-refractivity contribution in [3.05, 3.63) is 24.3 Å². The van der Waals surface area contributed by atoms with E-state index >= 15 is 0 Å². The molecule has 0 aromatic heterocycles. The first-order valence-electron chi connectivity index (χ1n) is 10.2. The Morgan fingerprint density at radius 1 is 1.15 bits per heavy atom. The lowest BCUT2D eigenvalue weighted by Gasteiger charge is -2.50. The van der Waals surface area contributed by atoms with Crippen LogP contribution in [0.25, 0.3) is 0 Å². The summed E-state index contributed by atoms with van der Waals surface area (Å²) in [5.74, 6) is 2.16. The molecule has 150 valence electrons. The van der Waals surface area contributed by atoms with Crippen molar-refractivity contribution < 1.29 is 13.2 Å². The zero-order chi connectivity index (χ0) is 18.9. The van der Waals surface area contributed by atoms with E-state index in [9.17, 15) is 8.42 Å². The molecule has 1 aromatic carbocycles. The number of sulfonamides is 1. The van der Waals surface area contributed by atoms with Gasteiger partial charge >= 0.3 is 0 Å². The third-order valence-electron chi connectivity index (χ3n) is 6.58. The summed E-state index contributed by atoms with van der Waals surface area (Å²) in [5, 5.41) is 0. The van der Waals surface area contributed by atoms with Gasteiger partial charge in [0.15, 0.2) is 0 Å². The molecule has 4 fully saturated rings. The molecule has 4 heterocycles. The molecule has 0 amide bonds. The highest BCUT2D eigenvalue weighted by Crippen LogP contribution is 2.37. The molecule has 0 spiro atoms. The highest BCUT2D eigenvalue weighted by molar-refractivity contribution is 7.89. The quantitative estimate of drug-likeness (QED) is 0.765. The van der Waals surface area contributed by atoms with Crippen LogP contribution in [-0.2, 0) is 10.0 Å². The van der Waals surface area contributed by atoms with E-state index in [1.54, 1.807) is 31.4 Å². The van der Waals surface area contributed by atoms with Gasteiger partial charge in [-0.05, 0) is 81.4 Å². The number of piperidine rings is 3. The fraction of sp³-hybridized carbons (Fsp3) is 0.700. The summed E-state index contributed by atoms with van der Waals surface area (Å²) in [6, 6.07) is 6.89. The zero-order valence-corrected chi connectivity index (χ0v) is 17.0. The van der Waals surface area contributed by atoms with E-state index in [2.05, 4.69) is 14.5 Å². The lowest BCUT2D eigenvalue weighted by molar-refractivity contribution is -0.00770. The maximum absolute atomic E-state index is 12.6. The van der Waals surface area contributed by atoms with Crippen LogP contribution in [0.15, 0.2) is 29.2 Å². The highest BCUT2D eigenvalue weighted by atomic mass is 32.2. The molecule has 0 saturated carbocycles. The molecule has 0 radical (unpaired) electrons. The summed E-state index contributed by atoms with van der Waals surface area (Å²) < 4.78 is 33.1. The van der Waals surface area contributed by atoms with Crippen molar-refractivity contribution >= 4 is 10.0 Å². The number of rotatable bonds is 7. The van der Waals surface area contributed by atoms with E-state index in [0.29, 0.717) is 23.2 Å². The molecular weight excluding hydrogens is 362 g/mol. The van der Waals surface area contributed by atoms with E-state index in [0.717, 1.165) is 31.3 Å². The second-order valence-corrected chi connectivity index (χ2v) is 10.00. The number of hydrogen-bond acceptors (Lipinski definition) is 5. The maximum atomic E-state index is 12.6. The lowest BCUT2D eigenvalue weighted by Crippen LogP contribution is -2.58. The number of nitrogens with zero attached hydrogens (tertiary/aromatic N) is 2. The Morgan fingerprint density at radius 2 is 1.89 bits per heavy atom. The standard InChI is InChI=1S/C20H31N3O3S/c1-26-19-4-6-20(7-5-19)27(24,25)21-13-18-12-16-8-11-23(18)15-17(16)14-22-9-2-3-10-22/h4-7,16-18,21H,2-3,8-15H2,1H3. The van der Waals surface area contributed by atoms with Crippen LogP contribution < -0.4 is 9.46 Å². The average Bonchev–Trinajstić information content (AvgIpc) is 3.20. The molecule has 4 aliphatic rings. The first kappa shape index (κ1) is 19.2. The summed E-state index contributed by atoms with van der Waals surface area (Å²) >= 11 is 0. The molecule has 6 nitrogen and oxygen atoms in total. The van der Waals surface area contributed by atoms with Crippen LogP contribution in [0.3, 0.4) is 0 Å². The van der Waals surface area contributed by atoms with E-state index < -0.39 is 10.0 Å². The molecule has 27 heavy (non-hydrogen) atoms. The van der Waals surface area contributed by atoms with Gasteiger partial charge in [0.05, 0.1) is 12.0 Å². The minimum absolute atomic E-state index is 0.297. The topological polar surface area (TPSA) is 61.9 Å². The Kier molecular flexibility index (Phi) is 5.73. The van der Waals surface area contributed by atoms with Crippen molar-refractivity contribution in [1.29, 1.82) is 0 Å². The van der Waals surface area contributed by atoms with Crippen LogP contribution >= 0.6 is 0 Å². The number of nitrogens with one attached hydrogen (secondary N) is 1. The number of methoxy groups -OCH3 is 1. The molecule has 1 aromatic rings. The second-order valence-electron chi connectivity index (χ2n) is 8.23. The Bertz CT molecular complexity index is 731. The van der Waals surface area contributed by atoms with Crippen molar-refractivity contribution in [3.63, 3.8) is 0 Å². The Labute approximate surface area is 162 Å². The van der Waals surface area contributed by atoms with Crippen molar-refractivity contribution in [2.24, 2.45) is 11.8 Å². The second kappa shape index (κ2) is 8.07.